The fourth-order valence-electron chi connectivity index (χ4n) is 1.44. The van der Waals surface area contributed by atoms with Crippen LogP contribution in [0.25, 0.3) is 0 Å². The average molecular weight is 346 g/mol. The Labute approximate surface area is 141 Å². The number of carbonyl (C=O) groups excluding carboxylic acids is 2. The first kappa shape index (κ1) is 22.3. The molecule has 0 rings (SSSR count). The number of aliphatic hydroxyl groups excluding tert-OH is 2. The zero-order valence-corrected chi connectivity index (χ0v) is 13.7. The van der Waals surface area contributed by atoms with Crippen LogP contribution >= 0.6 is 0 Å². The molecule has 0 aromatic heterocycles. The van der Waals surface area contributed by atoms with Crippen molar-refractivity contribution < 1.29 is 38.7 Å². The van der Waals surface area contributed by atoms with Gasteiger partial charge in [-0.1, -0.05) is 13.2 Å². The van der Waals surface area contributed by atoms with Crippen molar-refractivity contribution in [2.75, 3.05) is 33.0 Å². The maximum absolute atomic E-state index is 10.8. The molecule has 0 spiro atoms. The fraction of sp³-hybridized carbons (Fsp3) is 0.625. The topological polar surface area (TPSA) is 112 Å². The SMILES string of the molecule is C=CC(=O)OCC(O)COCCCCOCCC(O)OC(=O)C=C. The van der Waals surface area contributed by atoms with Gasteiger partial charge in [-0.2, -0.15) is 0 Å². The van der Waals surface area contributed by atoms with E-state index >= 15 is 0 Å². The van der Waals surface area contributed by atoms with E-state index in [0.717, 1.165) is 25.0 Å². The molecule has 0 aliphatic heterocycles. The summed E-state index contributed by atoms with van der Waals surface area (Å²) in [5, 5.41) is 18.8. The van der Waals surface area contributed by atoms with E-state index in [2.05, 4.69) is 22.6 Å². The van der Waals surface area contributed by atoms with Gasteiger partial charge in [-0.3, -0.25) is 0 Å². The Morgan fingerprint density at radius 2 is 1.54 bits per heavy atom. The van der Waals surface area contributed by atoms with E-state index in [9.17, 15) is 19.8 Å². The molecule has 0 radical (unpaired) electrons. The van der Waals surface area contributed by atoms with E-state index in [1.165, 1.54) is 0 Å². The van der Waals surface area contributed by atoms with Crippen LogP contribution in [0, 0.1) is 0 Å². The summed E-state index contributed by atoms with van der Waals surface area (Å²) in [6, 6.07) is 0. The Bertz CT molecular complexity index is 382. The molecule has 0 aliphatic carbocycles. The Balaban J connectivity index is 3.36. The number of rotatable bonds is 15. The van der Waals surface area contributed by atoms with Crippen LogP contribution in [-0.2, 0) is 28.5 Å². The van der Waals surface area contributed by atoms with E-state index in [1.807, 2.05) is 0 Å². The number of carbonyl (C=O) groups is 2. The summed E-state index contributed by atoms with van der Waals surface area (Å²) >= 11 is 0. The molecule has 8 nitrogen and oxygen atoms in total. The van der Waals surface area contributed by atoms with Crippen molar-refractivity contribution in [3.63, 3.8) is 0 Å². The third kappa shape index (κ3) is 13.9. The van der Waals surface area contributed by atoms with Crippen molar-refractivity contribution >= 4 is 11.9 Å². The quantitative estimate of drug-likeness (QED) is 0.189. The van der Waals surface area contributed by atoms with Crippen LogP contribution in [0.1, 0.15) is 19.3 Å². The first-order valence-electron chi connectivity index (χ1n) is 7.63. The van der Waals surface area contributed by atoms with Gasteiger partial charge in [0.15, 0.2) is 0 Å². The lowest BCUT2D eigenvalue weighted by Crippen LogP contribution is -2.23. The number of esters is 2. The second-order valence-corrected chi connectivity index (χ2v) is 4.77. The summed E-state index contributed by atoms with van der Waals surface area (Å²) in [6.45, 7) is 7.59. The Morgan fingerprint density at radius 3 is 2.17 bits per heavy atom. The minimum Gasteiger partial charge on any atom is -0.460 e. The molecule has 0 heterocycles. The summed E-state index contributed by atoms with van der Waals surface area (Å²) in [5.74, 6) is -1.27. The zero-order valence-electron chi connectivity index (χ0n) is 13.7. The molecule has 0 bridgehead atoms. The Hall–Kier alpha value is -1.74. The van der Waals surface area contributed by atoms with Crippen LogP contribution in [0.15, 0.2) is 25.3 Å². The van der Waals surface area contributed by atoms with Gasteiger partial charge < -0.3 is 29.2 Å². The molecule has 24 heavy (non-hydrogen) atoms. The molecular formula is C16H26O8. The third-order valence-corrected chi connectivity index (χ3v) is 2.65. The van der Waals surface area contributed by atoms with Crippen molar-refractivity contribution in [1.82, 2.24) is 0 Å². The highest BCUT2D eigenvalue weighted by molar-refractivity contribution is 5.81. The number of aliphatic hydroxyl groups is 2. The zero-order chi connectivity index (χ0) is 18.2. The predicted octanol–water partition coefficient (Wildman–Crippen LogP) is 0.328. The molecule has 0 aromatic carbocycles. The number of ether oxygens (including phenoxy) is 4. The molecule has 138 valence electrons. The lowest BCUT2D eigenvalue weighted by atomic mass is 10.3. The normalized spacial score (nSPS) is 12.9. The van der Waals surface area contributed by atoms with Crippen LogP contribution in [0.4, 0.5) is 0 Å². The first-order valence-corrected chi connectivity index (χ1v) is 7.63. The Morgan fingerprint density at radius 1 is 0.917 bits per heavy atom. The van der Waals surface area contributed by atoms with Gasteiger partial charge in [0.05, 0.1) is 13.2 Å². The molecule has 0 fully saturated rings. The Kier molecular flexibility index (Phi) is 13.8. The molecule has 8 heteroatoms. The lowest BCUT2D eigenvalue weighted by Gasteiger charge is -2.12. The molecule has 0 saturated heterocycles. The molecule has 2 N–H and O–H groups in total. The fourth-order valence-corrected chi connectivity index (χ4v) is 1.44. The monoisotopic (exact) mass is 346 g/mol. The second kappa shape index (κ2) is 14.8. The summed E-state index contributed by atoms with van der Waals surface area (Å²) in [6.07, 6.45) is 1.59. The number of hydrogen-bond acceptors (Lipinski definition) is 8. The van der Waals surface area contributed by atoms with E-state index < -0.39 is 24.3 Å². The van der Waals surface area contributed by atoms with E-state index in [1.54, 1.807) is 0 Å². The molecule has 2 atom stereocenters. The molecule has 2 unspecified atom stereocenters. The van der Waals surface area contributed by atoms with Gasteiger partial charge in [-0.15, -0.1) is 0 Å². The van der Waals surface area contributed by atoms with Gasteiger partial charge in [-0.05, 0) is 12.8 Å². The van der Waals surface area contributed by atoms with Crippen LogP contribution in [0.3, 0.4) is 0 Å². The van der Waals surface area contributed by atoms with Gasteiger partial charge in [0.25, 0.3) is 0 Å². The van der Waals surface area contributed by atoms with E-state index in [-0.39, 0.29) is 26.2 Å². The van der Waals surface area contributed by atoms with E-state index in [0.29, 0.717) is 13.2 Å². The molecule has 0 aromatic rings. The van der Waals surface area contributed by atoms with Gasteiger partial charge in [0.1, 0.15) is 12.7 Å². The highest BCUT2D eigenvalue weighted by Crippen LogP contribution is 1.98. The summed E-state index contributed by atoms with van der Waals surface area (Å²) in [4.78, 5) is 21.6. The maximum Gasteiger partial charge on any atom is 0.332 e. The van der Waals surface area contributed by atoms with Gasteiger partial charge in [0, 0.05) is 31.8 Å². The predicted molar refractivity (Wildman–Crippen MR) is 84.9 cm³/mol. The lowest BCUT2D eigenvalue weighted by molar-refractivity contribution is -0.164. The number of unbranched alkanes of at least 4 members (excludes halogenated alkanes) is 1. The van der Waals surface area contributed by atoms with Crippen molar-refractivity contribution in [3.8, 4) is 0 Å². The molecular weight excluding hydrogens is 320 g/mol. The summed E-state index contributed by atoms with van der Waals surface area (Å²) in [7, 11) is 0. The maximum atomic E-state index is 10.8. The van der Waals surface area contributed by atoms with Crippen LogP contribution in [0.2, 0.25) is 0 Å². The second-order valence-electron chi connectivity index (χ2n) is 4.77. The van der Waals surface area contributed by atoms with Gasteiger partial charge in [-0.25, -0.2) is 9.59 Å². The summed E-state index contributed by atoms with van der Waals surface area (Å²) in [5.41, 5.74) is 0. The molecule has 0 saturated carbocycles. The molecule has 0 amide bonds. The summed E-state index contributed by atoms with van der Waals surface area (Å²) < 4.78 is 19.7. The van der Waals surface area contributed by atoms with Gasteiger partial charge in [0.2, 0.25) is 6.29 Å². The van der Waals surface area contributed by atoms with Crippen LogP contribution in [0.5, 0.6) is 0 Å². The van der Waals surface area contributed by atoms with E-state index in [4.69, 9.17) is 9.47 Å². The highest BCUT2D eigenvalue weighted by Gasteiger charge is 2.08. The first-order chi connectivity index (χ1) is 11.5. The number of hydrogen-bond donors (Lipinski definition) is 2. The smallest absolute Gasteiger partial charge is 0.332 e. The minimum absolute atomic E-state index is 0.0755. The van der Waals surface area contributed by atoms with Crippen molar-refractivity contribution in [2.45, 2.75) is 31.7 Å². The molecule has 0 aliphatic rings. The highest BCUT2D eigenvalue weighted by atomic mass is 16.6. The minimum atomic E-state index is -1.20. The third-order valence-electron chi connectivity index (χ3n) is 2.65. The van der Waals surface area contributed by atoms with Crippen molar-refractivity contribution in [3.05, 3.63) is 25.3 Å². The van der Waals surface area contributed by atoms with Gasteiger partial charge >= 0.3 is 11.9 Å². The van der Waals surface area contributed by atoms with Crippen LogP contribution in [-0.4, -0.2) is 67.6 Å². The average Bonchev–Trinajstić information content (AvgIpc) is 2.57. The van der Waals surface area contributed by atoms with Crippen molar-refractivity contribution in [2.24, 2.45) is 0 Å². The largest absolute Gasteiger partial charge is 0.460 e. The van der Waals surface area contributed by atoms with Crippen molar-refractivity contribution in [1.29, 1.82) is 0 Å². The van der Waals surface area contributed by atoms with Crippen LogP contribution < -0.4 is 0 Å². The standard InChI is InChI=1S/C16H26O8/c1-3-14(18)23-12-13(17)11-22-9-6-5-8-21-10-7-16(20)24-15(19)4-2/h3-4,13,16-17,20H,1-2,5-12H2.